The fourth-order valence-corrected chi connectivity index (χ4v) is 2.33. The third-order valence-electron chi connectivity index (χ3n) is 3.18. The third-order valence-corrected chi connectivity index (χ3v) is 3.67. The van der Waals surface area contributed by atoms with E-state index >= 15 is 0 Å². The molecule has 0 bridgehead atoms. The lowest BCUT2D eigenvalue weighted by atomic mass is 10.00. The Hall–Kier alpha value is -1.10. The fraction of sp³-hybridized carbons (Fsp3) is 0.700. The standard InChI is InChI=1S/C10H13ClN2O3/c1-2-7(11)10(16)13-3-5-6(4-13)9(15)12-8(5)14/h5-7H,2-4H2,1H3,(H,12,14,15)/t5-,6+,7-/m0/s1. The third kappa shape index (κ3) is 1.69. The molecule has 88 valence electrons. The molecule has 2 saturated heterocycles. The first-order valence-corrected chi connectivity index (χ1v) is 5.75. The first-order chi connectivity index (χ1) is 7.54. The molecule has 0 aliphatic carbocycles. The quantitative estimate of drug-likeness (QED) is 0.537. The highest BCUT2D eigenvalue weighted by atomic mass is 35.5. The maximum Gasteiger partial charge on any atom is 0.240 e. The van der Waals surface area contributed by atoms with Crippen LogP contribution in [0.3, 0.4) is 0 Å². The van der Waals surface area contributed by atoms with Crippen LogP contribution >= 0.6 is 11.6 Å². The lowest BCUT2D eigenvalue weighted by Gasteiger charge is -2.19. The summed E-state index contributed by atoms with van der Waals surface area (Å²) in [4.78, 5) is 36.0. The number of imide groups is 1. The Morgan fingerprint density at radius 2 is 1.94 bits per heavy atom. The van der Waals surface area contributed by atoms with Gasteiger partial charge in [0.2, 0.25) is 17.7 Å². The molecule has 3 atom stereocenters. The van der Waals surface area contributed by atoms with Gasteiger partial charge in [0.1, 0.15) is 5.38 Å². The van der Waals surface area contributed by atoms with Crippen LogP contribution in [0.15, 0.2) is 0 Å². The molecule has 0 saturated carbocycles. The van der Waals surface area contributed by atoms with Crippen molar-refractivity contribution in [2.24, 2.45) is 11.8 Å². The minimum Gasteiger partial charge on any atom is -0.340 e. The van der Waals surface area contributed by atoms with Crippen LogP contribution in [0.5, 0.6) is 0 Å². The van der Waals surface area contributed by atoms with Crippen LogP contribution in [0, 0.1) is 11.8 Å². The molecule has 16 heavy (non-hydrogen) atoms. The second-order valence-electron chi connectivity index (χ2n) is 4.19. The maximum atomic E-state index is 11.8. The second-order valence-corrected chi connectivity index (χ2v) is 4.71. The largest absolute Gasteiger partial charge is 0.340 e. The molecule has 2 fully saturated rings. The fourth-order valence-electron chi connectivity index (χ4n) is 2.19. The van der Waals surface area contributed by atoms with Gasteiger partial charge >= 0.3 is 0 Å². The minimum atomic E-state index is -0.558. The molecule has 2 heterocycles. The summed E-state index contributed by atoms with van der Waals surface area (Å²) in [6, 6.07) is 0. The van der Waals surface area contributed by atoms with Gasteiger partial charge in [0.05, 0.1) is 11.8 Å². The second kappa shape index (κ2) is 4.05. The van der Waals surface area contributed by atoms with Crippen molar-refractivity contribution < 1.29 is 14.4 Å². The number of carbonyl (C=O) groups excluding carboxylic acids is 3. The van der Waals surface area contributed by atoms with E-state index in [9.17, 15) is 14.4 Å². The lowest BCUT2D eigenvalue weighted by molar-refractivity contribution is -0.131. The number of fused-ring (bicyclic) bond motifs is 1. The Kier molecular flexibility index (Phi) is 2.88. The molecule has 0 spiro atoms. The molecule has 1 N–H and O–H groups in total. The zero-order chi connectivity index (χ0) is 11.9. The molecular formula is C10H13ClN2O3. The minimum absolute atomic E-state index is 0.181. The molecule has 0 aromatic heterocycles. The topological polar surface area (TPSA) is 66.5 Å². The number of carbonyl (C=O) groups is 3. The van der Waals surface area contributed by atoms with Gasteiger partial charge in [-0.2, -0.15) is 0 Å². The molecule has 2 aliphatic rings. The van der Waals surface area contributed by atoms with Crippen LogP contribution in [0.1, 0.15) is 13.3 Å². The van der Waals surface area contributed by atoms with Crippen LogP contribution in [-0.2, 0) is 14.4 Å². The Bertz CT molecular complexity index is 336. The van der Waals surface area contributed by atoms with E-state index in [2.05, 4.69) is 5.32 Å². The van der Waals surface area contributed by atoms with E-state index in [4.69, 9.17) is 11.6 Å². The van der Waals surface area contributed by atoms with E-state index in [1.807, 2.05) is 6.92 Å². The van der Waals surface area contributed by atoms with Crippen molar-refractivity contribution in [1.29, 1.82) is 0 Å². The van der Waals surface area contributed by atoms with Gasteiger partial charge in [0, 0.05) is 13.1 Å². The SMILES string of the molecule is CC[C@H](Cl)C(=O)N1C[C@@H]2C(=O)NC(=O)[C@@H]2C1. The van der Waals surface area contributed by atoms with Crippen molar-refractivity contribution in [2.45, 2.75) is 18.7 Å². The Balaban J connectivity index is 2.06. The van der Waals surface area contributed by atoms with Crippen molar-refractivity contribution in [3.05, 3.63) is 0 Å². The van der Waals surface area contributed by atoms with Gasteiger partial charge in [-0.1, -0.05) is 6.92 Å². The summed E-state index contributed by atoms with van der Waals surface area (Å²) >= 11 is 5.85. The van der Waals surface area contributed by atoms with Crippen molar-refractivity contribution in [3.8, 4) is 0 Å². The number of amides is 3. The molecule has 6 heteroatoms. The van der Waals surface area contributed by atoms with Crippen molar-refractivity contribution in [2.75, 3.05) is 13.1 Å². The van der Waals surface area contributed by atoms with Gasteiger partial charge in [-0.3, -0.25) is 19.7 Å². The number of hydrogen-bond acceptors (Lipinski definition) is 3. The molecular weight excluding hydrogens is 232 g/mol. The van der Waals surface area contributed by atoms with Gasteiger partial charge in [0.25, 0.3) is 0 Å². The van der Waals surface area contributed by atoms with Gasteiger partial charge in [-0.25, -0.2) is 0 Å². The van der Waals surface area contributed by atoms with Crippen molar-refractivity contribution in [3.63, 3.8) is 0 Å². The molecule has 5 nitrogen and oxygen atoms in total. The highest BCUT2D eigenvalue weighted by Crippen LogP contribution is 2.29. The predicted octanol–water partition coefficient (Wildman–Crippen LogP) is -0.265. The lowest BCUT2D eigenvalue weighted by Crippen LogP contribution is -2.38. The number of rotatable bonds is 2. The summed E-state index contributed by atoms with van der Waals surface area (Å²) < 4.78 is 0. The number of nitrogens with one attached hydrogen (secondary N) is 1. The summed E-state index contributed by atoms with van der Waals surface area (Å²) in [7, 11) is 0. The van der Waals surface area contributed by atoms with E-state index in [1.54, 1.807) is 0 Å². The predicted molar refractivity (Wildman–Crippen MR) is 56.6 cm³/mol. The van der Waals surface area contributed by atoms with Crippen LogP contribution < -0.4 is 5.32 Å². The monoisotopic (exact) mass is 244 g/mol. The molecule has 0 aromatic rings. The van der Waals surface area contributed by atoms with Crippen LogP contribution in [0.25, 0.3) is 0 Å². The molecule has 0 unspecified atom stereocenters. The molecule has 0 aromatic carbocycles. The van der Waals surface area contributed by atoms with E-state index in [0.717, 1.165) is 0 Å². The highest BCUT2D eigenvalue weighted by molar-refractivity contribution is 6.30. The first-order valence-electron chi connectivity index (χ1n) is 5.32. The summed E-state index contributed by atoms with van der Waals surface area (Å²) in [5.41, 5.74) is 0. The molecule has 2 rings (SSSR count). The summed E-state index contributed by atoms with van der Waals surface area (Å²) in [6.45, 7) is 2.44. The molecule has 3 amide bonds. The van der Waals surface area contributed by atoms with Crippen LogP contribution in [0.4, 0.5) is 0 Å². The first kappa shape index (κ1) is 11.4. The number of nitrogens with zero attached hydrogens (tertiary/aromatic N) is 1. The van der Waals surface area contributed by atoms with E-state index in [0.29, 0.717) is 19.5 Å². The van der Waals surface area contributed by atoms with E-state index < -0.39 is 5.38 Å². The normalized spacial score (nSPS) is 30.2. The van der Waals surface area contributed by atoms with E-state index in [-0.39, 0.29) is 29.6 Å². The number of halogens is 1. The number of hydrogen-bond donors (Lipinski definition) is 1. The van der Waals surface area contributed by atoms with Gasteiger partial charge < -0.3 is 4.90 Å². The van der Waals surface area contributed by atoms with Gasteiger partial charge in [0.15, 0.2) is 0 Å². The Labute approximate surface area is 98.1 Å². The maximum absolute atomic E-state index is 11.8. The Morgan fingerprint density at radius 1 is 1.44 bits per heavy atom. The molecule has 0 radical (unpaired) electrons. The van der Waals surface area contributed by atoms with Crippen LogP contribution in [0.2, 0.25) is 0 Å². The average Bonchev–Trinajstić information content (AvgIpc) is 2.80. The summed E-state index contributed by atoms with van der Waals surface area (Å²) in [5, 5.41) is 1.71. The van der Waals surface area contributed by atoms with Gasteiger partial charge in [-0.15, -0.1) is 11.6 Å². The zero-order valence-corrected chi connectivity index (χ0v) is 9.66. The Morgan fingerprint density at radius 3 is 2.38 bits per heavy atom. The summed E-state index contributed by atoms with van der Waals surface area (Å²) in [5.74, 6) is -1.48. The van der Waals surface area contributed by atoms with Gasteiger partial charge in [-0.05, 0) is 6.42 Å². The summed E-state index contributed by atoms with van der Waals surface area (Å²) in [6.07, 6.45) is 0.548. The smallest absolute Gasteiger partial charge is 0.240 e. The zero-order valence-electron chi connectivity index (χ0n) is 8.90. The average molecular weight is 245 g/mol. The number of likely N-dealkylation sites (tertiary alicyclic amines) is 1. The molecule has 2 aliphatic heterocycles. The van der Waals surface area contributed by atoms with Crippen LogP contribution in [-0.4, -0.2) is 41.1 Å². The van der Waals surface area contributed by atoms with E-state index in [1.165, 1.54) is 4.90 Å². The van der Waals surface area contributed by atoms with Crippen molar-refractivity contribution in [1.82, 2.24) is 10.2 Å². The number of alkyl halides is 1. The highest BCUT2D eigenvalue weighted by Gasteiger charge is 2.49. The van der Waals surface area contributed by atoms with Crippen molar-refractivity contribution >= 4 is 29.3 Å².